The smallest absolute Gasteiger partial charge is 0.310 e. The molecule has 2 saturated heterocycles. The molecule has 2 amide bonds. The Kier molecular flexibility index (Phi) is 6.59. The van der Waals surface area contributed by atoms with Gasteiger partial charge in [0, 0.05) is 32.4 Å². The van der Waals surface area contributed by atoms with Crippen molar-refractivity contribution in [3.63, 3.8) is 0 Å². The summed E-state index contributed by atoms with van der Waals surface area (Å²) < 4.78 is 5.12. The molecular weight excluding hydrogens is 360 g/mol. The minimum Gasteiger partial charge on any atom is -0.466 e. The molecular formula is C20H28N4O4. The second-order valence-corrected chi connectivity index (χ2v) is 7.51. The number of amides is 2. The Bertz CT molecular complexity index is 721. The van der Waals surface area contributed by atoms with Crippen molar-refractivity contribution in [3.05, 3.63) is 23.8 Å². The molecule has 2 aliphatic rings. The molecule has 28 heavy (non-hydrogen) atoms. The lowest BCUT2D eigenvalue weighted by molar-refractivity contribution is -0.152. The molecule has 2 atom stereocenters. The van der Waals surface area contributed by atoms with Crippen molar-refractivity contribution in [1.82, 2.24) is 19.8 Å². The van der Waals surface area contributed by atoms with Crippen LogP contribution in [0.1, 0.15) is 48.8 Å². The first-order chi connectivity index (χ1) is 13.5. The first kappa shape index (κ1) is 20.2. The van der Waals surface area contributed by atoms with E-state index < -0.39 is 0 Å². The molecule has 2 aliphatic heterocycles. The number of likely N-dealkylation sites (tertiary alicyclic amines) is 2. The normalized spacial score (nSPS) is 22.6. The van der Waals surface area contributed by atoms with E-state index in [1.165, 1.54) is 6.20 Å². The zero-order valence-corrected chi connectivity index (χ0v) is 16.6. The van der Waals surface area contributed by atoms with Crippen LogP contribution in [0.15, 0.2) is 12.4 Å². The maximum Gasteiger partial charge on any atom is 0.310 e. The molecule has 1 aromatic rings. The van der Waals surface area contributed by atoms with E-state index in [1.54, 1.807) is 22.9 Å². The average Bonchev–Trinajstić information content (AvgIpc) is 2.73. The number of aryl methyl sites for hydroxylation is 1. The largest absolute Gasteiger partial charge is 0.466 e. The number of nitrogens with zero attached hydrogens (tertiary/aromatic N) is 4. The highest BCUT2D eigenvalue weighted by molar-refractivity contribution is 5.92. The van der Waals surface area contributed by atoms with Crippen LogP contribution in [0.4, 0.5) is 0 Å². The van der Waals surface area contributed by atoms with Crippen LogP contribution in [0.2, 0.25) is 0 Å². The summed E-state index contributed by atoms with van der Waals surface area (Å²) in [5.41, 5.74) is 1.06. The Morgan fingerprint density at radius 1 is 1.04 bits per heavy atom. The fourth-order valence-corrected chi connectivity index (χ4v) is 3.92. The molecule has 0 aromatic carbocycles. The summed E-state index contributed by atoms with van der Waals surface area (Å²) in [5, 5.41) is 0. The van der Waals surface area contributed by atoms with E-state index in [4.69, 9.17) is 4.74 Å². The SMILES string of the molecule is CCOC(=O)C1CCCN(C(=O)C2CCCN(C(=O)c3cnc(C)cn3)C2)C1. The van der Waals surface area contributed by atoms with Gasteiger partial charge in [0.15, 0.2) is 0 Å². The second-order valence-electron chi connectivity index (χ2n) is 7.51. The van der Waals surface area contributed by atoms with Gasteiger partial charge >= 0.3 is 5.97 Å². The highest BCUT2D eigenvalue weighted by Gasteiger charge is 2.35. The lowest BCUT2D eigenvalue weighted by Gasteiger charge is -2.37. The summed E-state index contributed by atoms with van der Waals surface area (Å²) in [4.78, 5) is 49.5. The lowest BCUT2D eigenvalue weighted by Crippen LogP contribution is -2.50. The molecule has 8 heteroatoms. The Hall–Kier alpha value is -2.51. The van der Waals surface area contributed by atoms with Gasteiger partial charge in [-0.15, -0.1) is 0 Å². The molecule has 2 fully saturated rings. The maximum absolute atomic E-state index is 13.0. The maximum atomic E-state index is 13.0. The minimum atomic E-state index is -0.248. The number of ether oxygens (including phenoxy) is 1. The molecule has 0 aliphatic carbocycles. The fraction of sp³-hybridized carbons (Fsp3) is 0.650. The van der Waals surface area contributed by atoms with Crippen LogP contribution in [0.5, 0.6) is 0 Å². The van der Waals surface area contributed by atoms with E-state index in [1.807, 2.05) is 6.92 Å². The van der Waals surface area contributed by atoms with Gasteiger partial charge < -0.3 is 14.5 Å². The molecule has 0 saturated carbocycles. The van der Waals surface area contributed by atoms with Crippen LogP contribution in [0.25, 0.3) is 0 Å². The van der Waals surface area contributed by atoms with E-state index in [0.29, 0.717) is 38.5 Å². The number of esters is 1. The molecule has 3 heterocycles. The third kappa shape index (κ3) is 4.66. The van der Waals surface area contributed by atoms with E-state index in [0.717, 1.165) is 31.4 Å². The van der Waals surface area contributed by atoms with E-state index in [-0.39, 0.29) is 29.6 Å². The molecule has 2 unspecified atom stereocenters. The van der Waals surface area contributed by atoms with Crippen molar-refractivity contribution in [3.8, 4) is 0 Å². The fourth-order valence-electron chi connectivity index (χ4n) is 3.92. The van der Waals surface area contributed by atoms with Crippen LogP contribution < -0.4 is 0 Å². The Labute approximate surface area is 165 Å². The van der Waals surface area contributed by atoms with Crippen LogP contribution in [-0.4, -0.2) is 70.3 Å². The van der Waals surface area contributed by atoms with E-state index in [9.17, 15) is 14.4 Å². The van der Waals surface area contributed by atoms with Gasteiger partial charge in [0.25, 0.3) is 5.91 Å². The Morgan fingerprint density at radius 2 is 1.71 bits per heavy atom. The Balaban J connectivity index is 1.61. The van der Waals surface area contributed by atoms with E-state index >= 15 is 0 Å². The first-order valence-corrected chi connectivity index (χ1v) is 10.0. The predicted octanol–water partition coefficient (Wildman–Crippen LogP) is 1.44. The molecule has 3 rings (SSSR count). The molecule has 0 radical (unpaired) electrons. The number of carbonyl (C=O) groups excluding carboxylic acids is 3. The number of aromatic nitrogens is 2. The van der Waals surface area contributed by atoms with Crippen molar-refractivity contribution in [1.29, 1.82) is 0 Å². The van der Waals surface area contributed by atoms with Crippen LogP contribution >= 0.6 is 0 Å². The van der Waals surface area contributed by atoms with Crippen molar-refractivity contribution in [2.24, 2.45) is 11.8 Å². The lowest BCUT2D eigenvalue weighted by atomic mass is 9.93. The van der Waals surface area contributed by atoms with Gasteiger partial charge in [-0.1, -0.05) is 0 Å². The monoisotopic (exact) mass is 388 g/mol. The Morgan fingerprint density at radius 3 is 2.39 bits per heavy atom. The number of piperidine rings is 2. The molecule has 1 aromatic heterocycles. The summed E-state index contributed by atoms with van der Waals surface area (Å²) in [6.07, 6.45) is 6.13. The molecule has 0 spiro atoms. The second kappa shape index (κ2) is 9.12. The zero-order valence-electron chi connectivity index (χ0n) is 16.6. The van der Waals surface area contributed by atoms with Gasteiger partial charge in [-0.05, 0) is 39.5 Å². The predicted molar refractivity (Wildman–Crippen MR) is 101 cm³/mol. The number of hydrogen-bond donors (Lipinski definition) is 0. The summed E-state index contributed by atoms with van der Waals surface area (Å²) in [6, 6.07) is 0. The first-order valence-electron chi connectivity index (χ1n) is 10.0. The van der Waals surface area contributed by atoms with Gasteiger partial charge in [-0.2, -0.15) is 0 Å². The van der Waals surface area contributed by atoms with Crippen molar-refractivity contribution in [2.45, 2.75) is 39.5 Å². The van der Waals surface area contributed by atoms with Crippen molar-refractivity contribution in [2.75, 3.05) is 32.8 Å². The third-order valence-electron chi connectivity index (χ3n) is 5.41. The third-order valence-corrected chi connectivity index (χ3v) is 5.41. The standard InChI is InChI=1S/C20H28N4O4/c1-3-28-20(27)16-7-5-8-23(13-16)18(25)15-6-4-9-24(12-15)19(26)17-11-21-14(2)10-22-17/h10-11,15-16H,3-9,12-13H2,1-2H3. The average molecular weight is 388 g/mol. The van der Waals surface area contributed by atoms with Gasteiger partial charge in [-0.25, -0.2) is 4.98 Å². The number of rotatable bonds is 4. The highest BCUT2D eigenvalue weighted by Crippen LogP contribution is 2.24. The van der Waals surface area contributed by atoms with Gasteiger partial charge in [0.1, 0.15) is 5.69 Å². The number of hydrogen-bond acceptors (Lipinski definition) is 6. The van der Waals surface area contributed by atoms with Crippen molar-refractivity contribution >= 4 is 17.8 Å². The molecule has 0 N–H and O–H groups in total. The van der Waals surface area contributed by atoms with Gasteiger partial charge in [0.05, 0.1) is 30.3 Å². The van der Waals surface area contributed by atoms with Crippen LogP contribution in [-0.2, 0) is 14.3 Å². The molecule has 8 nitrogen and oxygen atoms in total. The summed E-state index contributed by atoms with van der Waals surface area (Å²) in [6.45, 7) is 6.02. The summed E-state index contributed by atoms with van der Waals surface area (Å²) in [5.74, 6) is -0.869. The van der Waals surface area contributed by atoms with Crippen LogP contribution in [0, 0.1) is 18.8 Å². The van der Waals surface area contributed by atoms with Gasteiger partial charge in [0.2, 0.25) is 5.91 Å². The quantitative estimate of drug-likeness (QED) is 0.725. The zero-order chi connectivity index (χ0) is 20.1. The van der Waals surface area contributed by atoms with Gasteiger partial charge in [-0.3, -0.25) is 19.4 Å². The van der Waals surface area contributed by atoms with Crippen molar-refractivity contribution < 1.29 is 19.1 Å². The number of carbonyl (C=O) groups is 3. The molecule has 152 valence electrons. The topological polar surface area (TPSA) is 92.7 Å². The van der Waals surface area contributed by atoms with Crippen LogP contribution in [0.3, 0.4) is 0 Å². The minimum absolute atomic E-state index is 0.0292. The summed E-state index contributed by atoms with van der Waals surface area (Å²) in [7, 11) is 0. The highest BCUT2D eigenvalue weighted by atomic mass is 16.5. The van der Waals surface area contributed by atoms with E-state index in [2.05, 4.69) is 9.97 Å². The summed E-state index contributed by atoms with van der Waals surface area (Å²) >= 11 is 0. The molecule has 0 bridgehead atoms.